The van der Waals surface area contributed by atoms with E-state index in [4.69, 9.17) is 0 Å². The smallest absolute Gasteiger partial charge is 0.242 e. The Morgan fingerprint density at radius 3 is 1.61 bits per heavy atom. The average Bonchev–Trinajstić information content (AvgIpc) is 3.27. The molecular formula is C55H46BN2P3. The zero-order chi connectivity index (χ0) is 41.1. The van der Waals surface area contributed by atoms with E-state index in [2.05, 4.69) is 210 Å². The van der Waals surface area contributed by atoms with Crippen LogP contribution in [0.1, 0.15) is 54.2 Å². The highest BCUT2D eigenvalue weighted by molar-refractivity contribution is 8.21. The van der Waals surface area contributed by atoms with Crippen LogP contribution in [-0.2, 0) is 18.3 Å². The summed E-state index contributed by atoms with van der Waals surface area (Å²) in [6, 6.07) is 62.7. The van der Waals surface area contributed by atoms with Gasteiger partial charge in [-0.15, -0.1) is 8.93 Å². The minimum atomic E-state index is -0.564. The molecule has 0 saturated heterocycles. The van der Waals surface area contributed by atoms with Crippen molar-refractivity contribution in [2.45, 2.75) is 46.0 Å². The molecule has 6 heteroatoms. The number of nitrogens with zero attached hydrogens (tertiary/aromatic N) is 2. The van der Waals surface area contributed by atoms with Crippen molar-refractivity contribution >= 4 is 104 Å². The zero-order valence-electron chi connectivity index (χ0n) is 35.0. The molecule has 1 atom stereocenters. The van der Waals surface area contributed by atoms with Gasteiger partial charge in [0, 0.05) is 26.8 Å². The molecule has 4 heterocycles. The summed E-state index contributed by atoms with van der Waals surface area (Å²) in [5, 5.41) is 5.61. The molecule has 12 rings (SSSR count). The van der Waals surface area contributed by atoms with E-state index in [1.807, 2.05) is 0 Å². The summed E-state index contributed by atoms with van der Waals surface area (Å²) in [5.41, 5.74) is 23.1. The van der Waals surface area contributed by atoms with Gasteiger partial charge >= 0.3 is 0 Å². The largest absolute Gasteiger partial charge is 0.309 e. The lowest BCUT2D eigenvalue weighted by molar-refractivity contribution is 0.591. The van der Waals surface area contributed by atoms with Gasteiger partial charge in [-0.2, -0.15) is 0 Å². The van der Waals surface area contributed by atoms with Crippen LogP contribution < -0.4 is 47.4 Å². The number of hydrogen-bond acceptors (Lipinski definition) is 2. The fourth-order valence-corrected chi connectivity index (χ4v) is 15.0. The molecule has 0 N–H and O–H groups in total. The van der Waals surface area contributed by atoms with Gasteiger partial charge in [-0.25, -0.2) is 0 Å². The molecule has 0 bridgehead atoms. The van der Waals surface area contributed by atoms with Crippen LogP contribution in [-0.4, -0.2) is 6.71 Å². The maximum absolute atomic E-state index is 3.20. The molecule has 0 aliphatic carbocycles. The molecule has 8 aromatic rings. The number of aryl methyl sites for hydroxylation is 1. The Balaban J connectivity index is 1.12. The number of rotatable bonds is 3. The lowest BCUT2D eigenvalue weighted by Gasteiger charge is -2.41. The molecule has 8 aromatic carbocycles. The number of hydrogen-bond donors (Lipinski definition) is 0. The molecule has 1 unspecified atom stereocenters. The Morgan fingerprint density at radius 2 is 1.02 bits per heavy atom. The Bertz CT molecular complexity index is 3020. The minimum absolute atomic E-state index is 0.104. The maximum atomic E-state index is 3.20. The molecule has 0 fully saturated rings. The summed E-state index contributed by atoms with van der Waals surface area (Å²) in [5.74, 6) is 0. The van der Waals surface area contributed by atoms with Crippen molar-refractivity contribution in [1.82, 2.24) is 0 Å². The molecule has 4 aliphatic rings. The molecule has 0 amide bonds. The second-order valence-corrected chi connectivity index (χ2v) is 22.8. The molecule has 294 valence electrons. The molecule has 0 spiro atoms. The van der Waals surface area contributed by atoms with Gasteiger partial charge in [-0.3, -0.25) is 0 Å². The van der Waals surface area contributed by atoms with E-state index in [9.17, 15) is 0 Å². The van der Waals surface area contributed by atoms with Crippen LogP contribution >= 0.6 is 25.1 Å². The Kier molecular flexibility index (Phi) is 8.68. The van der Waals surface area contributed by atoms with Crippen LogP contribution in [0.4, 0.5) is 34.1 Å². The maximum Gasteiger partial charge on any atom is 0.242 e. The van der Waals surface area contributed by atoms with Crippen molar-refractivity contribution in [2.75, 3.05) is 9.80 Å². The van der Waals surface area contributed by atoms with E-state index >= 15 is 0 Å². The number of para-hydroxylation sites is 4. The summed E-state index contributed by atoms with van der Waals surface area (Å²) in [6.07, 6.45) is 1.86. The fourth-order valence-electron chi connectivity index (χ4n) is 10.8. The number of fused-ring (bicyclic) bond motifs is 8. The van der Waals surface area contributed by atoms with Gasteiger partial charge in [0.2, 0.25) is 6.71 Å². The van der Waals surface area contributed by atoms with E-state index in [1.165, 1.54) is 116 Å². The van der Waals surface area contributed by atoms with E-state index in [0.717, 1.165) is 12.8 Å². The highest BCUT2D eigenvalue weighted by Crippen LogP contribution is 2.55. The van der Waals surface area contributed by atoms with Gasteiger partial charge in [0.15, 0.2) is 0 Å². The zero-order valence-corrected chi connectivity index (χ0v) is 38.0. The predicted molar refractivity (Wildman–Crippen MR) is 271 cm³/mol. The van der Waals surface area contributed by atoms with Crippen LogP contribution in [0, 0.1) is 6.92 Å². The second-order valence-electron chi connectivity index (χ2n) is 18.2. The lowest BCUT2D eigenvalue weighted by atomic mass is 9.30. The number of anilines is 6. The first-order valence-corrected chi connectivity index (χ1v) is 25.5. The standard InChI is InChI=1S/C55H46BN2P3/c1-34-26-38-28-36-30-48(58-46-20-10-14-24-52(46)61(59)53-25-15-11-21-47(53)58)40(35-16-6-5-7-17-35)32-42(36)56-43-33-41(55(2,3)4)49(31-37(43)29-39(27-34)54(38)56)57-44-18-8-12-22-50(44)60-51-23-13-9-19-45(51)57/h5-27,30-33,60H,28-29,59H2,1-4H3. The summed E-state index contributed by atoms with van der Waals surface area (Å²) >= 11 is 0. The van der Waals surface area contributed by atoms with Crippen LogP contribution in [0.5, 0.6) is 0 Å². The summed E-state index contributed by atoms with van der Waals surface area (Å²) < 4.78 is 0. The van der Waals surface area contributed by atoms with E-state index in [0.29, 0.717) is 8.58 Å². The molecule has 61 heavy (non-hydrogen) atoms. The van der Waals surface area contributed by atoms with Gasteiger partial charge in [-0.05, 0) is 103 Å². The van der Waals surface area contributed by atoms with Gasteiger partial charge in [0.05, 0.1) is 34.1 Å². The third-order valence-corrected chi connectivity index (χ3v) is 18.2. The quantitative estimate of drug-likeness (QED) is 0.129. The first-order valence-electron chi connectivity index (χ1n) is 21.5. The molecular weight excluding hydrogens is 792 g/mol. The fraction of sp³-hybridized carbons (Fsp3) is 0.127. The lowest BCUT2D eigenvalue weighted by Crippen LogP contribution is -2.61. The highest BCUT2D eigenvalue weighted by atomic mass is 32.0. The Hall–Kier alpha value is -5.29. The third-order valence-electron chi connectivity index (χ3n) is 13.4. The molecule has 0 saturated carbocycles. The van der Waals surface area contributed by atoms with Gasteiger partial charge < -0.3 is 9.80 Å². The predicted octanol–water partition coefficient (Wildman–Crippen LogP) is 10.7. The first-order chi connectivity index (χ1) is 29.7. The van der Waals surface area contributed by atoms with E-state index in [-0.39, 0.29) is 12.1 Å². The molecule has 0 aromatic heterocycles. The van der Waals surface area contributed by atoms with Crippen molar-refractivity contribution in [3.63, 3.8) is 0 Å². The van der Waals surface area contributed by atoms with Gasteiger partial charge in [0.1, 0.15) is 0 Å². The van der Waals surface area contributed by atoms with E-state index < -0.39 is 7.61 Å². The average molecular weight is 839 g/mol. The van der Waals surface area contributed by atoms with Crippen molar-refractivity contribution < 1.29 is 0 Å². The topological polar surface area (TPSA) is 6.48 Å². The molecule has 4 aliphatic heterocycles. The van der Waals surface area contributed by atoms with Crippen molar-refractivity contribution in [3.8, 4) is 11.1 Å². The van der Waals surface area contributed by atoms with Gasteiger partial charge in [0.25, 0.3) is 0 Å². The van der Waals surface area contributed by atoms with Gasteiger partial charge in [-0.1, -0.05) is 179 Å². The van der Waals surface area contributed by atoms with Crippen molar-refractivity contribution in [3.05, 3.63) is 197 Å². The van der Waals surface area contributed by atoms with Crippen LogP contribution in [0.2, 0.25) is 0 Å². The molecule has 2 nitrogen and oxygen atoms in total. The minimum Gasteiger partial charge on any atom is -0.309 e. The SMILES string of the molecule is Cc1cc2c3c(c1)Cc1cc(N4c5ccccc5Pc5ccccc54)c(C(C)(C)C)cc1B3c1cc(-c3ccccc3)c(N3c4ccccc4P(P)c4ccccc43)cc1C2. The Labute approximate surface area is 365 Å². The molecule has 0 radical (unpaired) electrons. The summed E-state index contributed by atoms with van der Waals surface area (Å²) in [6.45, 7) is 9.62. The number of benzene rings is 8. The Morgan fingerprint density at radius 1 is 0.525 bits per heavy atom. The normalized spacial score (nSPS) is 14.6. The third kappa shape index (κ3) is 5.89. The second kappa shape index (κ2) is 14.1. The first kappa shape index (κ1) is 37.5. The summed E-state index contributed by atoms with van der Waals surface area (Å²) in [7, 11) is 3.28. The van der Waals surface area contributed by atoms with Crippen molar-refractivity contribution in [2.24, 2.45) is 0 Å². The van der Waals surface area contributed by atoms with Crippen LogP contribution in [0.3, 0.4) is 0 Å². The highest BCUT2D eigenvalue weighted by Gasteiger charge is 2.41. The van der Waals surface area contributed by atoms with E-state index in [1.54, 1.807) is 0 Å². The monoisotopic (exact) mass is 838 g/mol. The summed E-state index contributed by atoms with van der Waals surface area (Å²) in [4.78, 5) is 5.16. The van der Waals surface area contributed by atoms with Crippen LogP contribution in [0.15, 0.2) is 164 Å². The van der Waals surface area contributed by atoms with Crippen molar-refractivity contribution in [1.29, 1.82) is 0 Å². The van der Waals surface area contributed by atoms with Crippen LogP contribution in [0.25, 0.3) is 11.1 Å².